The molecule has 1 aromatic carbocycles. The second-order valence-corrected chi connectivity index (χ2v) is 7.23. The van der Waals surface area contributed by atoms with Gasteiger partial charge in [0.25, 0.3) is 5.56 Å². The van der Waals surface area contributed by atoms with E-state index >= 15 is 0 Å². The van der Waals surface area contributed by atoms with Crippen molar-refractivity contribution in [1.82, 2.24) is 4.57 Å². The Morgan fingerprint density at radius 1 is 1.14 bits per heavy atom. The largest absolute Gasteiger partial charge is 0.322 e. The van der Waals surface area contributed by atoms with Crippen LogP contribution in [0.2, 0.25) is 0 Å². The summed E-state index contributed by atoms with van der Waals surface area (Å²) in [5.74, 6) is 0. The zero-order chi connectivity index (χ0) is 15.6. The van der Waals surface area contributed by atoms with E-state index in [1.807, 2.05) is 12.1 Å². The molecule has 0 aliphatic heterocycles. The van der Waals surface area contributed by atoms with Crippen LogP contribution in [0.5, 0.6) is 0 Å². The first-order valence-electron chi connectivity index (χ1n) is 6.99. The first-order chi connectivity index (χ1) is 9.77. The number of pyridine rings is 1. The number of benzene rings is 1. The number of hydrogen-bond donors (Lipinski definition) is 1. The lowest BCUT2D eigenvalue weighted by Crippen LogP contribution is -2.26. The molecule has 1 aromatic heterocycles. The number of nitrogens with two attached hydrogens (primary N) is 1. The molecule has 0 aliphatic carbocycles. The molecule has 0 amide bonds. The van der Waals surface area contributed by atoms with Crippen LogP contribution in [-0.4, -0.2) is 4.57 Å². The van der Waals surface area contributed by atoms with Crippen LogP contribution in [0.1, 0.15) is 37.9 Å². The van der Waals surface area contributed by atoms with Crippen LogP contribution < -0.4 is 11.3 Å². The van der Waals surface area contributed by atoms with Gasteiger partial charge in [-0.25, -0.2) is 0 Å². The van der Waals surface area contributed by atoms with Crippen molar-refractivity contribution in [2.24, 2.45) is 5.73 Å². The Balaban J connectivity index is 2.19. The molecule has 2 N–H and O–H groups in total. The van der Waals surface area contributed by atoms with E-state index in [0.29, 0.717) is 6.54 Å². The number of nitrogens with zero attached hydrogens (tertiary/aromatic N) is 1. The Hall–Kier alpha value is -1.39. The maximum atomic E-state index is 11.8. The highest BCUT2D eigenvalue weighted by atomic mass is 79.9. The molecule has 3 nitrogen and oxygen atoms in total. The maximum Gasteiger partial charge on any atom is 0.250 e. The summed E-state index contributed by atoms with van der Waals surface area (Å²) in [6.07, 6.45) is 1.77. The molecule has 0 saturated heterocycles. The highest BCUT2D eigenvalue weighted by Crippen LogP contribution is 2.23. The van der Waals surface area contributed by atoms with Crippen LogP contribution in [0.25, 0.3) is 0 Å². The van der Waals surface area contributed by atoms with E-state index in [9.17, 15) is 4.79 Å². The third-order valence-electron chi connectivity index (χ3n) is 3.55. The Labute approximate surface area is 133 Å². The molecule has 1 atom stereocenters. The third kappa shape index (κ3) is 4.05. The van der Waals surface area contributed by atoms with Gasteiger partial charge in [-0.05, 0) is 38.5 Å². The second kappa shape index (κ2) is 6.16. The molecular weight excluding hydrogens is 328 g/mol. The third-order valence-corrected chi connectivity index (χ3v) is 4.01. The summed E-state index contributed by atoms with van der Waals surface area (Å²) < 4.78 is 2.50. The molecule has 0 spiro atoms. The lowest BCUT2D eigenvalue weighted by Gasteiger charge is -2.20. The zero-order valence-corrected chi connectivity index (χ0v) is 14.2. The minimum atomic E-state index is -0.203. The molecule has 0 aliphatic rings. The molecule has 112 valence electrons. The van der Waals surface area contributed by atoms with Crippen molar-refractivity contribution in [3.63, 3.8) is 0 Å². The predicted octanol–water partition coefficient (Wildman–Crippen LogP) is 3.61. The van der Waals surface area contributed by atoms with E-state index in [4.69, 9.17) is 5.73 Å². The molecule has 0 radical (unpaired) electrons. The zero-order valence-electron chi connectivity index (χ0n) is 12.6. The Morgan fingerprint density at radius 2 is 1.76 bits per heavy atom. The summed E-state index contributed by atoms with van der Waals surface area (Å²) >= 11 is 3.37. The molecule has 0 fully saturated rings. The second-order valence-electron chi connectivity index (χ2n) is 6.32. The summed E-state index contributed by atoms with van der Waals surface area (Å²) in [6, 6.07) is 11.4. The molecule has 0 saturated carbocycles. The van der Waals surface area contributed by atoms with Crippen molar-refractivity contribution in [3.05, 3.63) is 68.5 Å². The summed E-state index contributed by atoms with van der Waals surface area (Å²) in [6.45, 7) is 7.02. The van der Waals surface area contributed by atoms with Gasteiger partial charge in [-0.15, -0.1) is 0 Å². The first kappa shape index (κ1) is 16.0. The lowest BCUT2D eigenvalue weighted by atomic mass is 9.86. The number of hydrogen-bond acceptors (Lipinski definition) is 2. The maximum absolute atomic E-state index is 11.8. The van der Waals surface area contributed by atoms with Crippen molar-refractivity contribution in [2.75, 3.05) is 0 Å². The topological polar surface area (TPSA) is 48.0 Å². The summed E-state index contributed by atoms with van der Waals surface area (Å²) in [5.41, 5.74) is 8.63. The van der Waals surface area contributed by atoms with Gasteiger partial charge in [0.1, 0.15) is 0 Å². The predicted molar refractivity (Wildman–Crippen MR) is 90.5 cm³/mol. The van der Waals surface area contributed by atoms with E-state index in [-0.39, 0.29) is 17.0 Å². The minimum absolute atomic E-state index is 0.0417. The van der Waals surface area contributed by atoms with Crippen LogP contribution >= 0.6 is 15.9 Å². The Morgan fingerprint density at radius 3 is 2.33 bits per heavy atom. The van der Waals surface area contributed by atoms with E-state index in [1.165, 1.54) is 5.56 Å². The fraction of sp³-hybridized carbons (Fsp3) is 0.353. The van der Waals surface area contributed by atoms with E-state index in [0.717, 1.165) is 10.0 Å². The van der Waals surface area contributed by atoms with Gasteiger partial charge in [0.05, 0.1) is 0 Å². The molecular formula is C17H21BrN2O. The monoisotopic (exact) mass is 348 g/mol. The smallest absolute Gasteiger partial charge is 0.250 e. The molecule has 0 bridgehead atoms. The van der Waals surface area contributed by atoms with E-state index in [2.05, 4.69) is 48.8 Å². The number of rotatable bonds is 3. The molecule has 2 rings (SSSR count). The molecule has 21 heavy (non-hydrogen) atoms. The molecule has 4 heteroatoms. The van der Waals surface area contributed by atoms with Crippen LogP contribution in [0.4, 0.5) is 0 Å². The van der Waals surface area contributed by atoms with Gasteiger partial charge in [-0.1, -0.05) is 45.0 Å². The van der Waals surface area contributed by atoms with Gasteiger partial charge >= 0.3 is 0 Å². The van der Waals surface area contributed by atoms with Gasteiger partial charge in [0, 0.05) is 29.3 Å². The van der Waals surface area contributed by atoms with Gasteiger partial charge in [-0.3, -0.25) is 4.79 Å². The summed E-state index contributed by atoms with van der Waals surface area (Å²) in [7, 11) is 0. The van der Waals surface area contributed by atoms with Crippen molar-refractivity contribution in [2.45, 2.75) is 38.8 Å². The van der Waals surface area contributed by atoms with E-state index in [1.54, 1.807) is 22.9 Å². The SMILES string of the molecule is CC(C)(C)c1ccc(C(N)Cn2cc(Br)ccc2=O)cc1. The lowest BCUT2D eigenvalue weighted by molar-refractivity contribution is 0.558. The van der Waals surface area contributed by atoms with Crippen LogP contribution in [0.3, 0.4) is 0 Å². The van der Waals surface area contributed by atoms with E-state index < -0.39 is 0 Å². The van der Waals surface area contributed by atoms with Gasteiger partial charge < -0.3 is 10.3 Å². The minimum Gasteiger partial charge on any atom is -0.322 e. The van der Waals surface area contributed by atoms with Crippen LogP contribution in [0.15, 0.2) is 51.9 Å². The van der Waals surface area contributed by atoms with Crippen LogP contribution in [0, 0.1) is 0 Å². The Bertz CT molecular complexity index is 668. The normalized spacial score (nSPS) is 13.2. The number of halogens is 1. The number of aromatic nitrogens is 1. The summed E-state index contributed by atoms with van der Waals surface area (Å²) in [5, 5.41) is 0. The standard InChI is InChI=1S/C17H21BrN2O/c1-17(2,3)13-6-4-12(5-7-13)15(19)11-20-10-14(18)8-9-16(20)21/h4-10,15H,11,19H2,1-3H3. The van der Waals surface area contributed by atoms with Crippen molar-refractivity contribution >= 4 is 15.9 Å². The van der Waals surface area contributed by atoms with Crippen molar-refractivity contribution < 1.29 is 0 Å². The fourth-order valence-corrected chi connectivity index (χ4v) is 2.57. The molecule has 2 aromatic rings. The molecule has 1 unspecified atom stereocenters. The van der Waals surface area contributed by atoms with Gasteiger partial charge in [0.2, 0.25) is 0 Å². The van der Waals surface area contributed by atoms with Crippen molar-refractivity contribution in [1.29, 1.82) is 0 Å². The highest BCUT2D eigenvalue weighted by molar-refractivity contribution is 9.10. The van der Waals surface area contributed by atoms with Crippen molar-refractivity contribution in [3.8, 4) is 0 Å². The van der Waals surface area contributed by atoms with Gasteiger partial charge in [0.15, 0.2) is 0 Å². The quantitative estimate of drug-likeness (QED) is 0.920. The average Bonchev–Trinajstić information content (AvgIpc) is 2.42. The molecule has 1 heterocycles. The summed E-state index contributed by atoms with van der Waals surface area (Å²) in [4.78, 5) is 11.8. The fourth-order valence-electron chi connectivity index (χ4n) is 2.19. The van der Waals surface area contributed by atoms with Crippen LogP contribution in [-0.2, 0) is 12.0 Å². The van der Waals surface area contributed by atoms with Gasteiger partial charge in [-0.2, -0.15) is 0 Å². The highest BCUT2D eigenvalue weighted by Gasteiger charge is 2.14. The Kier molecular flexibility index (Phi) is 4.69. The average molecular weight is 349 g/mol. The first-order valence-corrected chi connectivity index (χ1v) is 7.79.